The van der Waals surface area contributed by atoms with Crippen LogP contribution in [0.2, 0.25) is 0 Å². The van der Waals surface area contributed by atoms with Gasteiger partial charge in [0.1, 0.15) is 0 Å². The lowest BCUT2D eigenvalue weighted by Crippen LogP contribution is -2.64. The fourth-order valence-corrected chi connectivity index (χ4v) is 5.85. The number of likely N-dealkylation sites (tertiary alicyclic amines) is 2. The molecule has 0 aromatic carbocycles. The third-order valence-electron chi connectivity index (χ3n) is 8.25. The minimum Gasteiger partial charge on any atom is -0.348 e. The first-order valence-corrected chi connectivity index (χ1v) is 13.6. The van der Waals surface area contributed by atoms with Crippen LogP contribution in [0.15, 0.2) is 36.8 Å². The van der Waals surface area contributed by atoms with Gasteiger partial charge in [0.25, 0.3) is 0 Å². The van der Waals surface area contributed by atoms with Gasteiger partial charge in [-0.1, -0.05) is 6.08 Å². The number of fused-ring (bicyclic) bond motifs is 1. The number of aryl methyl sites for hydroxylation is 1. The van der Waals surface area contributed by atoms with Crippen LogP contribution in [0.4, 0.5) is 16.4 Å². The van der Waals surface area contributed by atoms with E-state index >= 15 is 0 Å². The molecule has 0 atom stereocenters. The van der Waals surface area contributed by atoms with Crippen LogP contribution in [0.25, 0.3) is 11.2 Å². The molecule has 6 rings (SSSR count). The third-order valence-corrected chi connectivity index (χ3v) is 8.25. The lowest BCUT2D eigenvalue weighted by atomic mass is 9.72. The number of rotatable bonds is 5. The van der Waals surface area contributed by atoms with Crippen LogP contribution < -0.4 is 5.32 Å². The number of anilines is 2. The van der Waals surface area contributed by atoms with E-state index in [1.807, 2.05) is 35.3 Å². The predicted octanol–water partition coefficient (Wildman–Crippen LogP) is 1.90. The zero-order valence-electron chi connectivity index (χ0n) is 22.9. The van der Waals surface area contributed by atoms with Gasteiger partial charge in [0.05, 0.1) is 18.4 Å². The summed E-state index contributed by atoms with van der Waals surface area (Å²) in [4.78, 5) is 37.8. The zero-order chi connectivity index (χ0) is 27.1. The van der Waals surface area contributed by atoms with E-state index in [1.165, 1.54) is 5.57 Å². The number of piperidine rings is 1. The van der Waals surface area contributed by atoms with Crippen molar-refractivity contribution in [2.45, 2.75) is 19.3 Å². The molecule has 0 radical (unpaired) electrons. The molecule has 3 aromatic rings. The van der Waals surface area contributed by atoms with Crippen LogP contribution in [0.5, 0.6) is 0 Å². The Morgan fingerprint density at radius 3 is 2.59 bits per heavy atom. The number of hydrogen-bond donors (Lipinski definition) is 1. The van der Waals surface area contributed by atoms with E-state index in [2.05, 4.69) is 32.6 Å². The van der Waals surface area contributed by atoms with Crippen molar-refractivity contribution < 1.29 is 9.59 Å². The largest absolute Gasteiger partial charge is 0.348 e. The number of amides is 3. The zero-order valence-corrected chi connectivity index (χ0v) is 22.9. The predicted molar refractivity (Wildman–Crippen MR) is 147 cm³/mol. The van der Waals surface area contributed by atoms with Gasteiger partial charge in [-0.3, -0.25) is 14.4 Å². The molecule has 206 valence electrons. The summed E-state index contributed by atoms with van der Waals surface area (Å²) in [5, 5.41) is 11.9. The van der Waals surface area contributed by atoms with Crippen LogP contribution in [0, 0.1) is 5.41 Å². The summed E-state index contributed by atoms with van der Waals surface area (Å²) in [7, 11) is 5.47. The van der Waals surface area contributed by atoms with Crippen molar-refractivity contribution in [2.24, 2.45) is 12.5 Å². The summed E-state index contributed by atoms with van der Waals surface area (Å²) in [5.74, 6) is 0.668. The van der Waals surface area contributed by atoms with Crippen molar-refractivity contribution in [3.05, 3.63) is 42.4 Å². The van der Waals surface area contributed by atoms with Crippen LogP contribution in [-0.4, -0.2) is 116 Å². The van der Waals surface area contributed by atoms with Crippen molar-refractivity contribution in [1.29, 1.82) is 0 Å². The fourth-order valence-electron chi connectivity index (χ4n) is 5.85. The van der Waals surface area contributed by atoms with E-state index in [-0.39, 0.29) is 17.4 Å². The topological polar surface area (TPSA) is 107 Å². The Labute approximate surface area is 227 Å². The molecule has 0 aliphatic carbocycles. The summed E-state index contributed by atoms with van der Waals surface area (Å²) >= 11 is 0. The molecule has 0 saturated carbocycles. The average molecular weight is 533 g/mol. The van der Waals surface area contributed by atoms with Crippen LogP contribution >= 0.6 is 0 Å². The van der Waals surface area contributed by atoms with E-state index in [0.717, 1.165) is 62.3 Å². The van der Waals surface area contributed by atoms with Gasteiger partial charge in [-0.05, 0) is 50.1 Å². The first-order valence-electron chi connectivity index (χ1n) is 13.6. The number of carbonyl (C=O) groups excluding carboxylic acids is 2. The fraction of sp³-hybridized carbons (Fsp3) is 0.519. The molecule has 12 nitrogen and oxygen atoms in total. The van der Waals surface area contributed by atoms with Crippen LogP contribution in [0.1, 0.15) is 24.8 Å². The normalized spacial score (nSPS) is 19.2. The molecule has 2 fully saturated rings. The van der Waals surface area contributed by atoms with Crippen molar-refractivity contribution in [3.8, 4) is 0 Å². The van der Waals surface area contributed by atoms with Gasteiger partial charge in [0.15, 0.2) is 5.65 Å². The highest BCUT2D eigenvalue weighted by atomic mass is 16.2. The molecule has 0 unspecified atom stereocenters. The van der Waals surface area contributed by atoms with Crippen LogP contribution in [-0.2, 0) is 11.8 Å². The maximum atomic E-state index is 13.2. The van der Waals surface area contributed by atoms with Gasteiger partial charge < -0.3 is 20.0 Å². The molecular formula is C27H36N10O2. The van der Waals surface area contributed by atoms with E-state index < -0.39 is 0 Å². The summed E-state index contributed by atoms with van der Waals surface area (Å²) in [6.45, 7) is 5.24. The monoisotopic (exact) mass is 532 g/mol. The van der Waals surface area contributed by atoms with Crippen LogP contribution in [0.3, 0.4) is 0 Å². The highest BCUT2D eigenvalue weighted by Crippen LogP contribution is 2.41. The molecule has 1 N–H and O–H groups in total. The Bertz CT molecular complexity index is 1410. The van der Waals surface area contributed by atoms with Gasteiger partial charge in [-0.15, -0.1) is 5.10 Å². The summed E-state index contributed by atoms with van der Waals surface area (Å²) in [6.07, 6.45) is 10.5. The van der Waals surface area contributed by atoms with E-state index in [9.17, 15) is 9.59 Å². The number of aromatic nitrogens is 5. The molecule has 3 aromatic heterocycles. The van der Waals surface area contributed by atoms with Gasteiger partial charge in [0.2, 0.25) is 11.9 Å². The Morgan fingerprint density at radius 2 is 1.92 bits per heavy atom. The third kappa shape index (κ3) is 5.08. The SMILES string of the molecule is CN(C)C(=O)CN1CCC2(CC1)CN(C(=O)N1CC=C(c3cccn4nc(Nc5cnn(C)c5)nc34)CC1)C2. The van der Waals surface area contributed by atoms with Gasteiger partial charge in [-0.25, -0.2) is 9.31 Å². The first kappa shape index (κ1) is 25.4. The quantitative estimate of drug-likeness (QED) is 0.535. The number of hydrogen-bond acceptors (Lipinski definition) is 7. The van der Waals surface area contributed by atoms with Crippen molar-refractivity contribution in [1.82, 2.24) is 44.0 Å². The number of nitrogens with zero attached hydrogens (tertiary/aromatic N) is 9. The maximum absolute atomic E-state index is 13.2. The second kappa shape index (κ2) is 9.99. The Hall–Kier alpha value is -3.93. The first-order chi connectivity index (χ1) is 18.8. The molecule has 2 saturated heterocycles. The van der Waals surface area contributed by atoms with E-state index in [4.69, 9.17) is 4.98 Å². The lowest BCUT2D eigenvalue weighted by Gasteiger charge is -2.54. The second-order valence-electron chi connectivity index (χ2n) is 11.3. The molecule has 6 heterocycles. The Morgan fingerprint density at radius 1 is 1.13 bits per heavy atom. The van der Waals surface area contributed by atoms with E-state index in [1.54, 1.807) is 34.4 Å². The minimum absolute atomic E-state index is 0.129. The number of urea groups is 1. The Kier molecular flexibility index (Phi) is 6.49. The number of pyridine rings is 1. The van der Waals surface area contributed by atoms with Crippen molar-refractivity contribution in [2.75, 3.05) is 65.2 Å². The van der Waals surface area contributed by atoms with Gasteiger partial charge in [-0.2, -0.15) is 10.1 Å². The molecule has 12 heteroatoms. The highest BCUT2D eigenvalue weighted by Gasteiger charge is 2.47. The standard InChI is InChI=1S/C27H36N10O2/c1-32(2)23(38)17-34-13-8-27(9-14-34)18-36(19-27)26(39)35-11-6-20(7-12-35)22-5-4-10-37-24(22)30-25(31-37)29-21-15-28-33(3)16-21/h4-6,10,15-16H,7-9,11-14,17-19H2,1-3H3,(H,29,31). The summed E-state index contributed by atoms with van der Waals surface area (Å²) in [5.41, 5.74) is 4.06. The minimum atomic E-state index is 0.129. The van der Waals surface area contributed by atoms with Gasteiger partial charge >= 0.3 is 6.03 Å². The average Bonchev–Trinajstić information content (AvgIpc) is 3.52. The van der Waals surface area contributed by atoms with Crippen molar-refractivity contribution >= 4 is 34.8 Å². The molecule has 3 aliphatic rings. The summed E-state index contributed by atoms with van der Waals surface area (Å²) < 4.78 is 3.51. The lowest BCUT2D eigenvalue weighted by molar-refractivity contribution is -0.131. The van der Waals surface area contributed by atoms with Crippen molar-refractivity contribution in [3.63, 3.8) is 0 Å². The molecule has 0 bridgehead atoms. The Balaban J connectivity index is 1.05. The number of likely N-dealkylation sites (N-methyl/N-ethyl adjacent to an activating group) is 1. The molecule has 3 amide bonds. The summed E-state index contributed by atoms with van der Waals surface area (Å²) in [6, 6.07) is 4.17. The second-order valence-corrected chi connectivity index (χ2v) is 11.3. The van der Waals surface area contributed by atoms with Gasteiger partial charge in [0, 0.05) is 70.7 Å². The maximum Gasteiger partial charge on any atom is 0.320 e. The molecule has 3 aliphatic heterocycles. The molecule has 39 heavy (non-hydrogen) atoms. The smallest absolute Gasteiger partial charge is 0.320 e. The van der Waals surface area contributed by atoms with E-state index in [0.29, 0.717) is 25.6 Å². The highest BCUT2D eigenvalue weighted by molar-refractivity contribution is 5.81. The number of nitrogens with one attached hydrogen (secondary N) is 1. The number of carbonyl (C=O) groups is 2. The molecule has 1 spiro atoms. The molecular weight excluding hydrogens is 496 g/mol.